The Morgan fingerprint density at radius 3 is 2.41 bits per heavy atom. The van der Waals surface area contributed by atoms with Gasteiger partial charge in [-0.25, -0.2) is 4.98 Å². The van der Waals surface area contributed by atoms with Crippen LogP contribution in [0.25, 0.3) is 0 Å². The van der Waals surface area contributed by atoms with Crippen molar-refractivity contribution in [2.24, 2.45) is 0 Å². The van der Waals surface area contributed by atoms with E-state index in [2.05, 4.69) is 50.4 Å². The molecule has 1 fully saturated rings. The lowest BCUT2D eigenvalue weighted by atomic mass is 10.2. The maximum Gasteiger partial charge on any atom is 0.227 e. The minimum absolute atomic E-state index is 0.734. The Balaban J connectivity index is 1.44. The van der Waals surface area contributed by atoms with Crippen LogP contribution in [-0.4, -0.2) is 36.1 Å². The molecule has 1 aromatic heterocycles. The summed E-state index contributed by atoms with van der Waals surface area (Å²) in [6.07, 6.45) is 1.81. The molecule has 1 aliphatic heterocycles. The number of nitrogens with one attached hydrogen (secondary N) is 1. The van der Waals surface area contributed by atoms with E-state index in [9.17, 15) is 0 Å². The van der Waals surface area contributed by atoms with Crippen LogP contribution in [0, 0.1) is 6.92 Å². The molecule has 0 unspecified atom stereocenters. The van der Waals surface area contributed by atoms with E-state index in [0.29, 0.717) is 0 Å². The van der Waals surface area contributed by atoms with Gasteiger partial charge in [-0.05, 0) is 48.9 Å². The highest BCUT2D eigenvalue weighted by atomic mass is 35.5. The predicted molar refractivity (Wildman–Crippen MR) is 112 cm³/mol. The van der Waals surface area contributed by atoms with Crippen LogP contribution in [-0.2, 0) is 0 Å². The number of benzene rings is 2. The summed E-state index contributed by atoms with van der Waals surface area (Å²) in [5, 5.41) is 4.10. The first-order valence-electron chi connectivity index (χ1n) is 9.10. The first kappa shape index (κ1) is 17.6. The number of hydrogen-bond donors (Lipinski definition) is 1. The summed E-state index contributed by atoms with van der Waals surface area (Å²) < 4.78 is 0. The van der Waals surface area contributed by atoms with Gasteiger partial charge in [0.15, 0.2) is 0 Å². The van der Waals surface area contributed by atoms with Crippen molar-refractivity contribution in [1.29, 1.82) is 0 Å². The fraction of sp³-hybridized carbons (Fsp3) is 0.238. The van der Waals surface area contributed by atoms with Crippen LogP contribution in [0.3, 0.4) is 0 Å². The summed E-state index contributed by atoms with van der Waals surface area (Å²) in [6, 6.07) is 18.2. The van der Waals surface area contributed by atoms with E-state index in [1.54, 1.807) is 6.20 Å². The molecule has 4 rings (SSSR count). The van der Waals surface area contributed by atoms with Gasteiger partial charge in [-0.2, -0.15) is 4.98 Å². The van der Waals surface area contributed by atoms with Gasteiger partial charge in [0, 0.05) is 48.8 Å². The summed E-state index contributed by atoms with van der Waals surface area (Å²) in [5.41, 5.74) is 3.35. The smallest absolute Gasteiger partial charge is 0.227 e. The highest BCUT2D eigenvalue weighted by Crippen LogP contribution is 2.24. The Kier molecular flexibility index (Phi) is 5.12. The topological polar surface area (TPSA) is 44.3 Å². The van der Waals surface area contributed by atoms with Crippen LogP contribution in [0.4, 0.5) is 23.1 Å². The number of hydrogen-bond acceptors (Lipinski definition) is 5. The summed E-state index contributed by atoms with van der Waals surface area (Å²) in [4.78, 5) is 13.8. The molecule has 0 aliphatic carbocycles. The molecule has 2 aromatic carbocycles. The van der Waals surface area contributed by atoms with Crippen molar-refractivity contribution in [3.8, 4) is 0 Å². The highest BCUT2D eigenvalue weighted by molar-refractivity contribution is 6.30. The molecule has 1 N–H and O–H groups in total. The van der Waals surface area contributed by atoms with Gasteiger partial charge in [-0.15, -0.1) is 0 Å². The maximum absolute atomic E-state index is 6.04. The summed E-state index contributed by atoms with van der Waals surface area (Å²) in [6.45, 7) is 5.75. The molecule has 27 heavy (non-hydrogen) atoms. The van der Waals surface area contributed by atoms with Crippen molar-refractivity contribution in [3.63, 3.8) is 0 Å². The summed E-state index contributed by atoms with van der Waals surface area (Å²) in [7, 11) is 0. The third-order valence-corrected chi connectivity index (χ3v) is 5.01. The molecular formula is C21H22ClN5. The van der Waals surface area contributed by atoms with Crippen LogP contribution >= 0.6 is 11.6 Å². The Morgan fingerprint density at radius 2 is 1.67 bits per heavy atom. The molecule has 5 nitrogen and oxygen atoms in total. The van der Waals surface area contributed by atoms with Gasteiger partial charge < -0.3 is 15.1 Å². The Bertz CT molecular complexity index is 907. The average molecular weight is 380 g/mol. The van der Waals surface area contributed by atoms with E-state index in [4.69, 9.17) is 16.6 Å². The summed E-state index contributed by atoms with van der Waals surface area (Å²) in [5.74, 6) is 1.55. The van der Waals surface area contributed by atoms with Crippen LogP contribution in [0.15, 0.2) is 60.8 Å². The third kappa shape index (κ3) is 4.14. The van der Waals surface area contributed by atoms with E-state index < -0.39 is 0 Å². The molecule has 1 saturated heterocycles. The highest BCUT2D eigenvalue weighted by Gasteiger charge is 2.19. The van der Waals surface area contributed by atoms with Crippen LogP contribution in [0.1, 0.15) is 5.56 Å². The maximum atomic E-state index is 6.04. The minimum atomic E-state index is 0.734. The van der Waals surface area contributed by atoms with E-state index in [0.717, 1.165) is 54.2 Å². The molecule has 0 bridgehead atoms. The molecule has 0 saturated carbocycles. The number of aryl methyl sites for hydroxylation is 1. The first-order valence-corrected chi connectivity index (χ1v) is 9.48. The molecule has 2 heterocycles. The molecule has 138 valence electrons. The lowest BCUT2D eigenvalue weighted by Crippen LogP contribution is -2.47. The Hall–Kier alpha value is -2.79. The van der Waals surface area contributed by atoms with Crippen molar-refractivity contribution >= 4 is 34.7 Å². The molecule has 3 aromatic rings. The van der Waals surface area contributed by atoms with E-state index in [1.165, 1.54) is 5.69 Å². The number of rotatable bonds is 4. The lowest BCUT2D eigenvalue weighted by molar-refractivity contribution is 0.640. The SMILES string of the molecule is Cc1cc(Cl)ccc1Nc1ccnc(N2CCN(c3ccccc3)CC2)n1. The molecule has 0 amide bonds. The van der Waals surface area contributed by atoms with Gasteiger partial charge >= 0.3 is 0 Å². The van der Waals surface area contributed by atoms with Crippen molar-refractivity contribution in [2.75, 3.05) is 41.3 Å². The van der Waals surface area contributed by atoms with Gasteiger partial charge in [-0.3, -0.25) is 0 Å². The summed E-state index contributed by atoms with van der Waals surface area (Å²) >= 11 is 6.04. The predicted octanol–water partition coefficient (Wildman–Crippen LogP) is 4.51. The van der Waals surface area contributed by atoms with Crippen molar-refractivity contribution < 1.29 is 0 Å². The van der Waals surface area contributed by atoms with Crippen LogP contribution < -0.4 is 15.1 Å². The zero-order valence-electron chi connectivity index (χ0n) is 15.3. The zero-order chi connectivity index (χ0) is 18.6. The van der Waals surface area contributed by atoms with Crippen molar-refractivity contribution in [2.45, 2.75) is 6.92 Å². The third-order valence-electron chi connectivity index (χ3n) is 4.78. The number of nitrogens with zero attached hydrogens (tertiary/aromatic N) is 4. The second-order valence-electron chi connectivity index (χ2n) is 6.64. The minimum Gasteiger partial charge on any atom is -0.368 e. The van der Waals surface area contributed by atoms with Gasteiger partial charge in [0.25, 0.3) is 0 Å². The molecule has 0 radical (unpaired) electrons. The Morgan fingerprint density at radius 1 is 0.926 bits per heavy atom. The largest absolute Gasteiger partial charge is 0.368 e. The second-order valence-corrected chi connectivity index (χ2v) is 7.07. The van der Waals surface area contributed by atoms with Gasteiger partial charge in [-0.1, -0.05) is 29.8 Å². The lowest BCUT2D eigenvalue weighted by Gasteiger charge is -2.36. The molecule has 1 aliphatic rings. The van der Waals surface area contributed by atoms with Gasteiger partial charge in [0.05, 0.1) is 0 Å². The standard InChI is InChI=1S/C21H22ClN5/c1-16-15-17(22)7-8-19(16)24-20-9-10-23-21(25-20)27-13-11-26(12-14-27)18-5-3-2-4-6-18/h2-10,15H,11-14H2,1H3,(H,23,24,25). The number of halogens is 1. The second kappa shape index (κ2) is 7.84. The monoisotopic (exact) mass is 379 g/mol. The van der Waals surface area contributed by atoms with Crippen LogP contribution in [0.5, 0.6) is 0 Å². The van der Waals surface area contributed by atoms with E-state index >= 15 is 0 Å². The molecule has 0 atom stereocenters. The molecule has 0 spiro atoms. The molecule has 6 heteroatoms. The van der Waals surface area contributed by atoms with Crippen LogP contribution in [0.2, 0.25) is 5.02 Å². The number of anilines is 4. The fourth-order valence-corrected chi connectivity index (χ4v) is 3.51. The average Bonchev–Trinajstić information content (AvgIpc) is 2.71. The normalized spacial score (nSPS) is 14.3. The Labute approximate surface area is 164 Å². The van der Waals surface area contributed by atoms with E-state index in [-0.39, 0.29) is 0 Å². The number of aromatic nitrogens is 2. The number of para-hydroxylation sites is 1. The van der Waals surface area contributed by atoms with Crippen molar-refractivity contribution in [3.05, 3.63) is 71.4 Å². The van der Waals surface area contributed by atoms with Crippen molar-refractivity contribution in [1.82, 2.24) is 9.97 Å². The fourth-order valence-electron chi connectivity index (χ4n) is 3.28. The zero-order valence-corrected chi connectivity index (χ0v) is 16.0. The van der Waals surface area contributed by atoms with Gasteiger partial charge in [0.1, 0.15) is 5.82 Å². The molecular weight excluding hydrogens is 358 g/mol. The first-order chi connectivity index (χ1) is 13.2. The number of piperazine rings is 1. The van der Waals surface area contributed by atoms with E-state index in [1.807, 2.05) is 31.2 Å². The quantitative estimate of drug-likeness (QED) is 0.722. The van der Waals surface area contributed by atoms with Gasteiger partial charge in [0.2, 0.25) is 5.95 Å².